The van der Waals surface area contributed by atoms with Gasteiger partial charge in [-0.15, -0.1) is 0 Å². The van der Waals surface area contributed by atoms with Crippen molar-refractivity contribution in [3.63, 3.8) is 0 Å². The van der Waals surface area contributed by atoms with E-state index in [0.29, 0.717) is 37.1 Å². The summed E-state index contributed by atoms with van der Waals surface area (Å²) in [6.07, 6.45) is 1.14. The van der Waals surface area contributed by atoms with Crippen molar-refractivity contribution in [3.05, 3.63) is 101 Å². The molecule has 3 aromatic carbocycles. The average molecular weight is 598 g/mol. The van der Waals surface area contributed by atoms with E-state index in [9.17, 15) is 22.4 Å². The van der Waals surface area contributed by atoms with E-state index in [2.05, 4.69) is 10.0 Å². The second-order valence-corrected chi connectivity index (χ2v) is 11.9. The third-order valence-electron chi connectivity index (χ3n) is 6.53. The molecule has 10 heteroatoms. The number of nitrogens with one attached hydrogen (secondary N) is 2. The molecule has 0 fully saturated rings. The molecule has 1 atom stereocenters. The number of hydrogen-bond acceptors (Lipinski definition) is 5. The van der Waals surface area contributed by atoms with Gasteiger partial charge in [0.1, 0.15) is 11.9 Å². The summed E-state index contributed by atoms with van der Waals surface area (Å²) in [6, 6.07) is 20.4. The van der Waals surface area contributed by atoms with Crippen LogP contribution in [0.1, 0.15) is 56.3 Å². The highest BCUT2D eigenvalue weighted by molar-refractivity contribution is 7.89. The molecule has 0 bridgehead atoms. The molecule has 1 unspecified atom stereocenters. The number of rotatable bonds is 16. The largest absolute Gasteiger partial charge is 0.379 e. The lowest BCUT2D eigenvalue weighted by atomic mass is 10.0. The standard InChI is InChI=1S/C32H40FN3O5S/c1-4-35-42(39,40)29-18-13-25(14-19-29)15-20-30(37)36(23-26-11-16-28(33)17-12-26)31(27-9-6-5-7-10-27)32(38)34-21-8-22-41-24(2)3/h5-7,9-14,16-19,24,31,35H,4,8,15,20-23H2,1-3H3,(H,34,38). The fourth-order valence-corrected chi connectivity index (χ4v) is 5.46. The summed E-state index contributed by atoms with van der Waals surface area (Å²) in [7, 11) is -3.58. The first-order chi connectivity index (χ1) is 20.1. The first-order valence-electron chi connectivity index (χ1n) is 14.2. The maximum atomic E-state index is 13.8. The van der Waals surface area contributed by atoms with Gasteiger partial charge < -0.3 is 15.0 Å². The summed E-state index contributed by atoms with van der Waals surface area (Å²) < 4.78 is 46.2. The lowest BCUT2D eigenvalue weighted by molar-refractivity contribution is -0.141. The minimum Gasteiger partial charge on any atom is -0.379 e. The molecule has 0 aliphatic carbocycles. The second-order valence-electron chi connectivity index (χ2n) is 10.2. The minimum absolute atomic E-state index is 0.0827. The van der Waals surface area contributed by atoms with Gasteiger partial charge in [0.25, 0.3) is 0 Å². The molecule has 0 aliphatic heterocycles. The highest BCUT2D eigenvalue weighted by Gasteiger charge is 2.31. The summed E-state index contributed by atoms with van der Waals surface area (Å²) in [5.41, 5.74) is 2.12. The quantitative estimate of drug-likeness (QED) is 0.232. The zero-order chi connectivity index (χ0) is 30.5. The van der Waals surface area contributed by atoms with Gasteiger partial charge in [0.2, 0.25) is 21.8 Å². The third-order valence-corrected chi connectivity index (χ3v) is 8.09. The fourth-order valence-electron chi connectivity index (χ4n) is 4.42. The van der Waals surface area contributed by atoms with Gasteiger partial charge in [-0.3, -0.25) is 9.59 Å². The Labute approximate surface area is 248 Å². The molecule has 226 valence electrons. The number of hydrogen-bond donors (Lipinski definition) is 2. The predicted octanol–water partition coefficient (Wildman–Crippen LogP) is 4.76. The van der Waals surface area contributed by atoms with Crippen LogP contribution in [0, 0.1) is 5.82 Å². The van der Waals surface area contributed by atoms with Crippen molar-refractivity contribution in [2.75, 3.05) is 19.7 Å². The van der Waals surface area contributed by atoms with Crippen LogP contribution in [-0.4, -0.2) is 50.9 Å². The Balaban J connectivity index is 1.83. The summed E-state index contributed by atoms with van der Waals surface area (Å²) in [5, 5.41) is 2.95. The summed E-state index contributed by atoms with van der Waals surface area (Å²) in [6.45, 7) is 6.87. The zero-order valence-electron chi connectivity index (χ0n) is 24.4. The smallest absolute Gasteiger partial charge is 0.247 e. The number of carbonyl (C=O) groups excluding carboxylic acids is 2. The first kappa shape index (κ1) is 32.9. The maximum Gasteiger partial charge on any atom is 0.247 e. The molecule has 0 saturated carbocycles. The van der Waals surface area contributed by atoms with Crippen molar-refractivity contribution >= 4 is 21.8 Å². The Kier molecular flexibility index (Phi) is 12.7. The number of carbonyl (C=O) groups is 2. The third kappa shape index (κ3) is 10.0. The lowest BCUT2D eigenvalue weighted by Gasteiger charge is -2.32. The second kappa shape index (κ2) is 16.1. The number of sulfonamides is 1. The molecule has 3 rings (SSSR count). The van der Waals surface area contributed by atoms with Gasteiger partial charge in [-0.1, -0.05) is 61.5 Å². The topological polar surface area (TPSA) is 105 Å². The Morgan fingerprint density at radius 1 is 0.929 bits per heavy atom. The van der Waals surface area contributed by atoms with Crippen LogP contribution in [0.4, 0.5) is 4.39 Å². The van der Waals surface area contributed by atoms with Crippen molar-refractivity contribution in [1.29, 1.82) is 0 Å². The van der Waals surface area contributed by atoms with Crippen LogP contribution in [0.25, 0.3) is 0 Å². The molecule has 8 nitrogen and oxygen atoms in total. The van der Waals surface area contributed by atoms with E-state index in [1.807, 2.05) is 32.0 Å². The van der Waals surface area contributed by atoms with Gasteiger partial charge in [0.05, 0.1) is 11.0 Å². The van der Waals surface area contributed by atoms with Crippen LogP contribution in [0.3, 0.4) is 0 Å². The number of nitrogens with zero attached hydrogens (tertiary/aromatic N) is 1. The van der Waals surface area contributed by atoms with E-state index in [1.54, 1.807) is 43.3 Å². The summed E-state index contributed by atoms with van der Waals surface area (Å²) >= 11 is 0. The molecule has 2 amide bonds. The van der Waals surface area contributed by atoms with Crippen molar-refractivity contribution in [1.82, 2.24) is 14.9 Å². The van der Waals surface area contributed by atoms with Crippen LogP contribution in [0.5, 0.6) is 0 Å². The van der Waals surface area contributed by atoms with E-state index in [1.165, 1.54) is 29.2 Å². The highest BCUT2D eigenvalue weighted by Crippen LogP contribution is 2.25. The Morgan fingerprint density at radius 3 is 2.19 bits per heavy atom. The zero-order valence-corrected chi connectivity index (χ0v) is 25.2. The Morgan fingerprint density at radius 2 is 1.57 bits per heavy atom. The normalized spacial score (nSPS) is 12.2. The van der Waals surface area contributed by atoms with E-state index < -0.39 is 21.9 Å². The minimum atomic E-state index is -3.58. The number of aryl methyl sites for hydroxylation is 1. The van der Waals surface area contributed by atoms with Crippen molar-refractivity contribution in [3.8, 4) is 0 Å². The average Bonchev–Trinajstić information content (AvgIpc) is 2.97. The van der Waals surface area contributed by atoms with Crippen molar-refractivity contribution in [2.45, 2.75) is 63.6 Å². The molecular formula is C32H40FN3O5S. The molecule has 3 aromatic rings. The number of ether oxygens (including phenoxy) is 1. The van der Waals surface area contributed by atoms with Gasteiger partial charge in [0, 0.05) is 32.7 Å². The number of amides is 2. The molecule has 0 aliphatic rings. The van der Waals surface area contributed by atoms with Gasteiger partial charge >= 0.3 is 0 Å². The highest BCUT2D eigenvalue weighted by atomic mass is 32.2. The molecule has 0 spiro atoms. The van der Waals surface area contributed by atoms with Crippen LogP contribution in [-0.2, 0) is 37.3 Å². The molecule has 0 heterocycles. The van der Waals surface area contributed by atoms with Crippen molar-refractivity contribution in [2.24, 2.45) is 0 Å². The van der Waals surface area contributed by atoms with Gasteiger partial charge in [0.15, 0.2) is 0 Å². The monoisotopic (exact) mass is 597 g/mol. The van der Waals surface area contributed by atoms with Crippen molar-refractivity contribution < 1.29 is 27.1 Å². The van der Waals surface area contributed by atoms with Crippen LogP contribution >= 0.6 is 0 Å². The predicted molar refractivity (Wildman–Crippen MR) is 160 cm³/mol. The van der Waals surface area contributed by atoms with E-state index in [0.717, 1.165) is 5.56 Å². The Bertz CT molecular complexity index is 1380. The van der Waals surface area contributed by atoms with Gasteiger partial charge in [-0.05, 0) is 67.6 Å². The fraction of sp³-hybridized carbons (Fsp3) is 0.375. The van der Waals surface area contributed by atoms with Gasteiger partial charge in [-0.2, -0.15) is 0 Å². The van der Waals surface area contributed by atoms with Crippen LogP contribution in [0.2, 0.25) is 0 Å². The summed E-state index contributed by atoms with van der Waals surface area (Å²) in [5.74, 6) is -0.979. The molecule has 0 saturated heterocycles. The number of halogens is 1. The molecule has 42 heavy (non-hydrogen) atoms. The summed E-state index contributed by atoms with van der Waals surface area (Å²) in [4.78, 5) is 29.1. The molecular weight excluding hydrogens is 557 g/mol. The Hall–Kier alpha value is -3.60. The SMILES string of the molecule is CCNS(=O)(=O)c1ccc(CCC(=O)N(Cc2ccc(F)cc2)C(C(=O)NCCCOC(C)C)c2ccccc2)cc1. The van der Waals surface area contributed by atoms with E-state index >= 15 is 0 Å². The van der Waals surface area contributed by atoms with Crippen LogP contribution in [0.15, 0.2) is 83.8 Å². The molecule has 0 aromatic heterocycles. The molecule has 0 radical (unpaired) electrons. The maximum absolute atomic E-state index is 13.8. The van der Waals surface area contributed by atoms with E-state index in [-0.39, 0.29) is 42.3 Å². The first-order valence-corrected chi connectivity index (χ1v) is 15.7. The lowest BCUT2D eigenvalue weighted by Crippen LogP contribution is -2.44. The van der Waals surface area contributed by atoms with Gasteiger partial charge in [-0.25, -0.2) is 17.5 Å². The number of benzene rings is 3. The molecule has 2 N–H and O–H groups in total. The van der Waals surface area contributed by atoms with E-state index in [4.69, 9.17) is 4.74 Å². The van der Waals surface area contributed by atoms with Crippen LogP contribution < -0.4 is 10.0 Å².